The minimum Gasteiger partial charge on any atom is -0.350 e. The maximum atomic E-state index is 11.4. The fourth-order valence-corrected chi connectivity index (χ4v) is 2.58. The zero-order valence-corrected chi connectivity index (χ0v) is 10.9. The molecular weight excluding hydrogens is 214 g/mol. The second-order valence-corrected chi connectivity index (χ2v) is 5.24. The molecule has 1 N–H and O–H groups in total. The molecule has 0 radical (unpaired) electrons. The van der Waals surface area contributed by atoms with E-state index in [0.717, 1.165) is 19.3 Å². The number of nitrogens with one attached hydrogen (secondary N) is 1. The molecule has 0 saturated carbocycles. The third-order valence-electron chi connectivity index (χ3n) is 3.73. The first-order valence-corrected chi connectivity index (χ1v) is 6.38. The van der Waals surface area contributed by atoms with E-state index >= 15 is 0 Å². The highest BCUT2D eigenvalue weighted by Gasteiger charge is 2.36. The average molecular weight is 235 g/mol. The quantitative estimate of drug-likeness (QED) is 0.868. The Balaban J connectivity index is 2.19. The van der Waals surface area contributed by atoms with Gasteiger partial charge in [0.15, 0.2) is 0 Å². The van der Waals surface area contributed by atoms with Crippen LogP contribution in [0.3, 0.4) is 0 Å². The van der Waals surface area contributed by atoms with E-state index in [2.05, 4.69) is 35.6 Å². The van der Waals surface area contributed by atoms with Gasteiger partial charge in [0, 0.05) is 36.3 Å². The van der Waals surface area contributed by atoms with E-state index in [1.165, 1.54) is 5.69 Å². The highest BCUT2D eigenvalue weighted by Crippen LogP contribution is 2.28. The number of nitrogens with zero attached hydrogens (tertiary/aromatic N) is 2. The van der Waals surface area contributed by atoms with Crippen LogP contribution in [-0.2, 0) is 11.2 Å². The Morgan fingerprint density at radius 3 is 2.88 bits per heavy atom. The van der Waals surface area contributed by atoms with Crippen molar-refractivity contribution in [2.45, 2.75) is 58.0 Å². The van der Waals surface area contributed by atoms with Crippen molar-refractivity contribution in [1.29, 1.82) is 0 Å². The van der Waals surface area contributed by atoms with Gasteiger partial charge in [0.05, 0.1) is 6.33 Å². The molecule has 1 aliphatic heterocycles. The predicted octanol–water partition coefficient (Wildman–Crippen LogP) is 2.07. The fourth-order valence-electron chi connectivity index (χ4n) is 2.58. The molecule has 0 bridgehead atoms. The minimum atomic E-state index is -0.0518. The van der Waals surface area contributed by atoms with Gasteiger partial charge in [-0.1, -0.05) is 6.92 Å². The summed E-state index contributed by atoms with van der Waals surface area (Å²) >= 11 is 0. The van der Waals surface area contributed by atoms with Gasteiger partial charge < -0.3 is 9.88 Å². The van der Waals surface area contributed by atoms with Crippen molar-refractivity contribution in [2.24, 2.45) is 0 Å². The molecule has 94 valence electrons. The monoisotopic (exact) mass is 235 g/mol. The lowest BCUT2D eigenvalue weighted by atomic mass is 9.89. The van der Waals surface area contributed by atoms with Crippen LogP contribution in [0.2, 0.25) is 0 Å². The van der Waals surface area contributed by atoms with Crippen molar-refractivity contribution in [3.8, 4) is 0 Å². The number of carbonyl (C=O) groups excluding carboxylic acids is 1. The Kier molecular flexibility index (Phi) is 3.22. The van der Waals surface area contributed by atoms with Crippen LogP contribution in [0.1, 0.15) is 51.8 Å². The first kappa shape index (κ1) is 12.1. The molecular formula is C13H21N3O. The minimum absolute atomic E-state index is 0.0518. The maximum Gasteiger partial charge on any atom is 0.220 e. The molecule has 0 aromatic carbocycles. The molecule has 2 rings (SSSR count). The van der Waals surface area contributed by atoms with Gasteiger partial charge in [0.25, 0.3) is 0 Å². The second-order valence-electron chi connectivity index (χ2n) is 5.24. The summed E-state index contributed by atoms with van der Waals surface area (Å²) in [5, 5.41) is 3.14. The lowest BCUT2D eigenvalue weighted by Crippen LogP contribution is -2.43. The fraction of sp³-hybridized carbons (Fsp3) is 0.692. The van der Waals surface area contributed by atoms with Crippen molar-refractivity contribution in [3.05, 3.63) is 18.2 Å². The van der Waals surface area contributed by atoms with Crippen molar-refractivity contribution in [3.63, 3.8) is 0 Å². The summed E-state index contributed by atoms with van der Waals surface area (Å²) in [6.45, 7) is 6.44. The molecule has 1 amide bonds. The number of amides is 1. The molecule has 1 atom stereocenters. The SMILES string of the molecule is CCC1(Cc2cncn2C(C)C)CCC(=O)N1. The lowest BCUT2D eigenvalue weighted by Gasteiger charge is -2.28. The van der Waals surface area contributed by atoms with Gasteiger partial charge in [-0.25, -0.2) is 4.98 Å². The molecule has 0 spiro atoms. The molecule has 0 aliphatic carbocycles. The molecule has 1 saturated heterocycles. The van der Waals surface area contributed by atoms with Crippen LogP contribution in [0.15, 0.2) is 12.5 Å². The van der Waals surface area contributed by atoms with E-state index in [4.69, 9.17) is 0 Å². The number of aromatic nitrogens is 2. The van der Waals surface area contributed by atoms with Crippen LogP contribution >= 0.6 is 0 Å². The first-order valence-electron chi connectivity index (χ1n) is 6.38. The van der Waals surface area contributed by atoms with E-state index in [9.17, 15) is 4.79 Å². The van der Waals surface area contributed by atoms with E-state index in [-0.39, 0.29) is 11.4 Å². The van der Waals surface area contributed by atoms with Crippen LogP contribution in [0.4, 0.5) is 0 Å². The third kappa shape index (κ3) is 2.35. The molecule has 17 heavy (non-hydrogen) atoms. The largest absolute Gasteiger partial charge is 0.350 e. The van der Waals surface area contributed by atoms with Gasteiger partial charge in [-0.2, -0.15) is 0 Å². The molecule has 1 aromatic rings. The summed E-state index contributed by atoms with van der Waals surface area (Å²) in [6, 6.07) is 0.415. The van der Waals surface area contributed by atoms with Gasteiger partial charge in [-0.3, -0.25) is 4.79 Å². The zero-order chi connectivity index (χ0) is 12.5. The number of hydrogen-bond donors (Lipinski definition) is 1. The van der Waals surface area contributed by atoms with Gasteiger partial charge in [0.1, 0.15) is 0 Å². The van der Waals surface area contributed by atoms with Crippen LogP contribution < -0.4 is 5.32 Å². The molecule has 1 aliphatic rings. The number of imidazole rings is 1. The van der Waals surface area contributed by atoms with Crippen LogP contribution in [-0.4, -0.2) is 21.0 Å². The zero-order valence-electron chi connectivity index (χ0n) is 10.9. The molecule has 1 fully saturated rings. The summed E-state index contributed by atoms with van der Waals surface area (Å²) in [4.78, 5) is 15.7. The number of carbonyl (C=O) groups is 1. The van der Waals surface area contributed by atoms with Gasteiger partial charge in [-0.15, -0.1) is 0 Å². The Morgan fingerprint density at radius 2 is 2.35 bits per heavy atom. The first-order chi connectivity index (χ1) is 8.06. The van der Waals surface area contributed by atoms with Gasteiger partial charge >= 0.3 is 0 Å². The number of rotatable bonds is 4. The Hall–Kier alpha value is -1.32. The highest BCUT2D eigenvalue weighted by atomic mass is 16.2. The Bertz CT molecular complexity index is 411. The number of hydrogen-bond acceptors (Lipinski definition) is 2. The molecule has 4 heteroatoms. The molecule has 2 heterocycles. The maximum absolute atomic E-state index is 11.4. The van der Waals surface area contributed by atoms with Gasteiger partial charge in [-0.05, 0) is 26.7 Å². The normalized spacial score (nSPS) is 24.4. The van der Waals surface area contributed by atoms with Crippen molar-refractivity contribution < 1.29 is 4.79 Å². The summed E-state index contributed by atoms with van der Waals surface area (Å²) in [5.41, 5.74) is 1.16. The second kappa shape index (κ2) is 4.51. The van der Waals surface area contributed by atoms with E-state index < -0.39 is 0 Å². The van der Waals surface area contributed by atoms with Crippen LogP contribution in [0, 0.1) is 0 Å². The third-order valence-corrected chi connectivity index (χ3v) is 3.73. The predicted molar refractivity (Wildman–Crippen MR) is 66.7 cm³/mol. The van der Waals surface area contributed by atoms with E-state index in [0.29, 0.717) is 12.5 Å². The summed E-state index contributed by atoms with van der Waals surface area (Å²) < 4.78 is 2.18. The van der Waals surface area contributed by atoms with Crippen molar-refractivity contribution >= 4 is 5.91 Å². The smallest absolute Gasteiger partial charge is 0.220 e. The summed E-state index contributed by atoms with van der Waals surface area (Å²) in [5.74, 6) is 0.183. The topological polar surface area (TPSA) is 46.9 Å². The lowest BCUT2D eigenvalue weighted by molar-refractivity contribution is -0.119. The van der Waals surface area contributed by atoms with Crippen molar-refractivity contribution in [2.75, 3.05) is 0 Å². The van der Waals surface area contributed by atoms with Crippen LogP contribution in [0.5, 0.6) is 0 Å². The summed E-state index contributed by atoms with van der Waals surface area (Å²) in [7, 11) is 0. The van der Waals surface area contributed by atoms with Gasteiger partial charge in [0.2, 0.25) is 5.91 Å². The average Bonchev–Trinajstić information content (AvgIpc) is 2.87. The highest BCUT2D eigenvalue weighted by molar-refractivity contribution is 5.79. The standard InChI is InChI=1S/C13H21N3O/c1-4-13(6-5-12(17)15-13)7-11-8-14-9-16(11)10(2)3/h8-10H,4-7H2,1-3H3,(H,15,17). The molecule has 1 aromatic heterocycles. The Labute approximate surface area is 102 Å². The Morgan fingerprint density at radius 1 is 1.59 bits per heavy atom. The van der Waals surface area contributed by atoms with Crippen molar-refractivity contribution in [1.82, 2.24) is 14.9 Å². The van der Waals surface area contributed by atoms with E-state index in [1.807, 2.05) is 12.5 Å². The van der Waals surface area contributed by atoms with Crippen LogP contribution in [0.25, 0.3) is 0 Å². The summed E-state index contributed by atoms with van der Waals surface area (Å²) in [6.07, 6.45) is 7.24. The molecule has 1 unspecified atom stereocenters. The van der Waals surface area contributed by atoms with E-state index in [1.54, 1.807) is 0 Å². The molecule has 4 nitrogen and oxygen atoms in total.